The molecule has 14 rings (SSSR count). The van der Waals surface area contributed by atoms with Crippen molar-refractivity contribution < 1.29 is 76.5 Å². The summed E-state index contributed by atoms with van der Waals surface area (Å²) < 4.78 is 17.3. The highest BCUT2D eigenvalue weighted by atomic mass is 33.1. The maximum Gasteiger partial charge on any atom is 0.329 e. The number of fused-ring (bicyclic) bond motifs is 17. The first kappa shape index (κ1) is 116. The largest absolute Gasteiger partial charge is 0.456 e. The quantitative estimate of drug-likeness (QED) is 0.00654. The standard InChI is InChI=1S/C29H40N4O5S3.C26H31N5O4S4.C22H30N4O3S3.C21H28N4O4S3/c1-3-4-5-6-7-13-25(35)39-15-9-8-11-20-16-23(34)30-17-24-31-21(18-40-24)26-32-29(2,19-41-26)28(37)33-14-10-12-22(33)27(36)38-20;1-16(2)22-24(33)35-17(8-5-7-11-38-39-20-9-4-6-10-27-20)12-19(32)28-13-21-29-18(14-36-21)23-31-26(3,15-37-23)25(34)30-22;1-13(2)19-16(27)8-14(6-4-5-7-30)9-17(28)23-10-18-24-15(11-31-18)20-26-22(3,12-32-20)21(29)25-19;1-12(2)17-19(27)29-13(6-4-5-7-30)8-15(26)22-9-16-23-14(10-31-16)18-25-21(3,11-32-18)20(28)24-17/h8,11,18,20,22H,3-7,9-10,12-17,19H2,1-2H3,(H,30,34);4-6,8-10,14,16-17,22H,7,11-13,15H2,1-3H3,(H,28,32)(H,30,34);4,6,11,13-14,19,30H,5,7-10,12H2,1-3H3,(H,23,28)(H,25,29);4,6,10,12-13,17,30H,5,7-9,11H2,1-3H3,(H,22,26)(H,24,28)/b11-8+;8-5+;2*6-4+/t20?,22-,29-;17?,22-,26-;14?,19-,22-;13?,17-,21-/m0000/s1. The molecule has 144 heavy (non-hydrogen) atoms. The van der Waals surface area contributed by atoms with E-state index in [-0.39, 0.29) is 134 Å². The first-order chi connectivity index (χ1) is 68.9. The van der Waals surface area contributed by atoms with Gasteiger partial charge in [0.2, 0.25) is 41.4 Å². The SMILES string of the molecule is CC(C)[C@@H]1NC(=O)[C@]2(C)CSC(=N2)c2csc(n2)CNC(=O)CC(/C=C/CCS)CC1=O.CC(C)[C@@H]1NC(=O)[C@]2(C)CSC(=N2)c2csc(n2)CNC(=O)CC(/C=C/CCS)OC1=O.CC(C)[C@@H]1NC(=O)[C@]2(C)CSC(=N2)c2csc(n2)CNC(=O)CC(/C=C/CCSSc2ccccn2)OC1=O.CCCCCCCC(=O)SCC/C=C/C1CC(=O)NCc2nc(cs2)C2=N[C@@](C)(CS2)C(=O)N2CCC[C@H]2C(=O)O1. The number of hydrogen-bond donors (Lipinski definition) is 9. The zero-order valence-electron chi connectivity index (χ0n) is 82.7. The summed E-state index contributed by atoms with van der Waals surface area (Å²) in [6.07, 6.45) is 24.6. The molecule has 0 spiro atoms. The van der Waals surface area contributed by atoms with Crippen LogP contribution in [0.3, 0.4) is 0 Å². The number of esters is 3. The van der Waals surface area contributed by atoms with Gasteiger partial charge in [0, 0.05) is 88.0 Å². The molecule has 12 atom stereocenters. The van der Waals surface area contributed by atoms with Crippen molar-refractivity contribution in [3.63, 3.8) is 0 Å². The Labute approximate surface area is 897 Å². The van der Waals surface area contributed by atoms with Gasteiger partial charge in [-0.25, -0.2) is 39.3 Å². The number of Topliss-reactive ketones (excluding diaryl/α,β-unsaturated/α-hetero) is 1. The number of allylic oxidation sites excluding steroid dienone is 5. The topological polar surface area (TPSA) is 451 Å². The second-order valence-electron chi connectivity index (χ2n) is 37.2. The summed E-state index contributed by atoms with van der Waals surface area (Å²) in [6.45, 7) is 22.1. The third-order valence-electron chi connectivity index (χ3n) is 23.7. The molecule has 5 aromatic rings. The average molecular weight is 2220 g/mol. The predicted molar refractivity (Wildman–Crippen MR) is 588 cm³/mol. The molecule has 0 aromatic carbocycles. The number of carbonyl (C=O) groups excluding carboxylic acids is 13. The van der Waals surface area contributed by atoms with Crippen LogP contribution in [-0.2, 0) is 103 Å². The molecule has 46 heteroatoms. The van der Waals surface area contributed by atoms with Gasteiger partial charge in [0.15, 0.2) is 10.9 Å². The summed E-state index contributed by atoms with van der Waals surface area (Å²) in [5.41, 5.74) is -1.13. The van der Waals surface area contributed by atoms with E-state index in [4.69, 9.17) is 19.2 Å². The number of aliphatic imine (C=N–C) groups is 4. The van der Waals surface area contributed by atoms with Crippen molar-refractivity contribution in [2.45, 2.75) is 281 Å². The van der Waals surface area contributed by atoms with Crippen LogP contribution in [0.4, 0.5) is 0 Å². The van der Waals surface area contributed by atoms with Gasteiger partial charge in [0.25, 0.3) is 5.91 Å². The molecule has 16 bridgehead atoms. The highest BCUT2D eigenvalue weighted by Gasteiger charge is 2.49. The van der Waals surface area contributed by atoms with Crippen LogP contribution in [0.1, 0.15) is 228 Å². The molecule has 9 aliphatic rings. The van der Waals surface area contributed by atoms with E-state index >= 15 is 0 Å². The molecule has 5 aromatic heterocycles. The second-order valence-corrected chi connectivity index (χ2v) is 49.3. The van der Waals surface area contributed by atoms with Gasteiger partial charge in [-0.3, -0.25) is 67.9 Å². The molecule has 780 valence electrons. The molecule has 0 saturated carbocycles. The fraction of sp³-hybridized carbons (Fsp3) is 0.571. The number of ether oxygens (including phenoxy) is 3. The highest BCUT2D eigenvalue weighted by molar-refractivity contribution is 8.76. The smallest absolute Gasteiger partial charge is 0.329 e. The Balaban J connectivity index is 0.000000184. The number of cyclic esters (lactones) is 3. The van der Waals surface area contributed by atoms with Crippen LogP contribution in [0.25, 0.3) is 0 Å². The zero-order valence-corrected chi connectivity index (χ0v) is 93.5. The Morgan fingerprint density at radius 2 is 0.882 bits per heavy atom. The van der Waals surface area contributed by atoms with Gasteiger partial charge < -0.3 is 56.3 Å². The van der Waals surface area contributed by atoms with Crippen LogP contribution in [0.2, 0.25) is 0 Å². The molecule has 1 saturated heterocycles. The number of nitrogens with one attached hydrogen (secondary N) is 7. The molecule has 14 heterocycles. The Morgan fingerprint density at radius 3 is 1.31 bits per heavy atom. The van der Waals surface area contributed by atoms with E-state index in [1.165, 1.54) is 123 Å². The van der Waals surface area contributed by atoms with Crippen molar-refractivity contribution in [2.75, 3.05) is 52.6 Å². The fourth-order valence-electron chi connectivity index (χ4n) is 15.5. The third kappa shape index (κ3) is 35.0. The van der Waals surface area contributed by atoms with Crippen LogP contribution in [0.15, 0.2) is 120 Å². The lowest BCUT2D eigenvalue weighted by atomic mass is 9.89. The monoisotopic (exact) mass is 2220 g/mol. The van der Waals surface area contributed by atoms with Gasteiger partial charge >= 0.3 is 17.9 Å². The van der Waals surface area contributed by atoms with Crippen LogP contribution < -0.4 is 37.2 Å². The summed E-state index contributed by atoms with van der Waals surface area (Å²) >= 11 is 21.3. The minimum atomic E-state index is -1.02. The molecule has 0 radical (unpaired) electrons. The number of carbonyl (C=O) groups is 13. The highest BCUT2D eigenvalue weighted by Crippen LogP contribution is 2.40. The number of thiazole rings is 4. The fourth-order valence-corrected chi connectivity index (χ4v) is 26.1. The van der Waals surface area contributed by atoms with Crippen molar-refractivity contribution in [1.29, 1.82) is 0 Å². The maximum atomic E-state index is 13.6. The van der Waals surface area contributed by atoms with E-state index in [9.17, 15) is 62.3 Å². The number of ketones is 1. The Morgan fingerprint density at radius 1 is 0.486 bits per heavy atom. The molecule has 8 amide bonds. The molecule has 0 aliphatic carbocycles. The number of thiol groups is 2. The molecule has 33 nitrogen and oxygen atoms in total. The minimum Gasteiger partial charge on any atom is -0.456 e. The van der Waals surface area contributed by atoms with Crippen LogP contribution in [0.5, 0.6) is 0 Å². The summed E-state index contributed by atoms with van der Waals surface area (Å²) in [4.78, 5) is 212. The summed E-state index contributed by atoms with van der Waals surface area (Å²) in [7, 11) is 3.27. The molecule has 9 aliphatic heterocycles. The van der Waals surface area contributed by atoms with E-state index in [0.717, 1.165) is 62.2 Å². The number of amides is 8. The van der Waals surface area contributed by atoms with E-state index in [2.05, 4.69) is 109 Å². The van der Waals surface area contributed by atoms with E-state index in [1.807, 2.05) is 119 Å². The zero-order chi connectivity index (χ0) is 104. The Hall–Kier alpha value is -8.03. The molecular formula is C98H129N17O16S13. The van der Waals surface area contributed by atoms with Gasteiger partial charge in [-0.15, -0.1) is 92.4 Å². The Kier molecular flexibility index (Phi) is 46.1. The number of thioether (sulfide) groups is 5. The van der Waals surface area contributed by atoms with Gasteiger partial charge in [-0.2, -0.15) is 25.3 Å². The van der Waals surface area contributed by atoms with Gasteiger partial charge in [0.1, 0.15) is 127 Å². The van der Waals surface area contributed by atoms with Gasteiger partial charge in [-0.05, 0) is 149 Å². The predicted octanol–water partition coefficient (Wildman–Crippen LogP) is 14.5. The minimum absolute atomic E-state index is 0.0217. The number of rotatable bonds is 25. The van der Waals surface area contributed by atoms with Crippen molar-refractivity contribution in [3.05, 3.63) is 137 Å². The molecule has 7 N–H and O–H groups in total. The lowest BCUT2D eigenvalue weighted by Gasteiger charge is -2.30. The van der Waals surface area contributed by atoms with Crippen LogP contribution in [0, 0.1) is 23.7 Å². The van der Waals surface area contributed by atoms with Crippen molar-refractivity contribution in [3.8, 4) is 0 Å². The molecule has 1 fully saturated rings. The van der Waals surface area contributed by atoms with Crippen molar-refractivity contribution in [2.24, 2.45) is 43.6 Å². The third-order valence-corrected chi connectivity index (χ3v) is 36.0. The summed E-state index contributed by atoms with van der Waals surface area (Å²) in [5, 5.41) is 34.6. The Bertz CT molecular complexity index is 5440. The first-order valence-corrected chi connectivity index (χ1v) is 60.4. The number of aromatic nitrogens is 5. The lowest BCUT2D eigenvalue weighted by Crippen LogP contribution is -2.53. The number of hydrogen-bond acceptors (Lipinski definition) is 38. The molecular weight excluding hydrogens is 2090 g/mol. The maximum absolute atomic E-state index is 13.6. The number of nitrogens with zero attached hydrogens (tertiary/aromatic N) is 10. The van der Waals surface area contributed by atoms with E-state index < -0.39 is 82.5 Å². The lowest BCUT2D eigenvalue weighted by molar-refractivity contribution is -0.158. The number of unbranched alkanes of at least 4 members (excludes halogenated alkanes) is 4. The van der Waals surface area contributed by atoms with Crippen molar-refractivity contribution in [1.82, 2.24) is 67.0 Å². The van der Waals surface area contributed by atoms with Gasteiger partial charge in [-0.1, -0.05) is 133 Å². The normalized spacial score (nSPS) is 26.0. The van der Waals surface area contributed by atoms with E-state index in [0.29, 0.717) is 123 Å². The van der Waals surface area contributed by atoms with Crippen LogP contribution >= 0.6 is 151 Å². The average Bonchev–Trinajstić information content (AvgIpc) is 1.62. The summed E-state index contributed by atoms with van der Waals surface area (Å²) in [5.74, 6) is 0.157. The number of pyridine rings is 1. The summed E-state index contributed by atoms with van der Waals surface area (Å²) in [6, 6.07) is 2.72. The van der Waals surface area contributed by atoms with E-state index in [1.54, 1.807) is 71.7 Å². The second kappa shape index (κ2) is 57.1. The van der Waals surface area contributed by atoms with Gasteiger partial charge in [0.05, 0.1) is 51.5 Å². The van der Waals surface area contributed by atoms with Crippen LogP contribution in [-0.4, -0.2) is 243 Å². The van der Waals surface area contributed by atoms with Crippen molar-refractivity contribution >= 4 is 247 Å². The molecule has 4 unspecified atom stereocenters. The first-order valence-electron chi connectivity index (χ1n) is 48.3.